The van der Waals surface area contributed by atoms with E-state index in [-0.39, 0.29) is 41.9 Å². The summed E-state index contributed by atoms with van der Waals surface area (Å²) in [4.78, 5) is 30.3. The molecule has 1 aliphatic carbocycles. The SMILES string of the molecule is O=C(NC1CCCC1)[C@@H](c1cccs1)N(C(=O)Cn1nnc2ccccc21)c1ccc(S(=O)(=O)NC[C@H]2CCCO2)cc1. The number of thiophene rings is 1. The molecule has 0 radical (unpaired) electrons. The molecular formula is C30H34N6O5S2. The standard InChI is InChI=1S/C30H34N6O5S2/c37-28(20-35-26-11-4-3-10-25(26)33-34-35)36(29(27-12-6-18-42-27)30(38)32-21-7-1-2-8-21)22-13-15-24(16-14-22)43(39,40)31-19-23-9-5-17-41-23/h3-4,6,10-16,18,21,23,29,31H,1-2,5,7-9,17,19-20H2,(H,32,38)/t23-,29-/m1/s1. The highest BCUT2D eigenvalue weighted by Gasteiger charge is 2.35. The minimum absolute atomic E-state index is 0.0496. The molecule has 11 nitrogen and oxygen atoms in total. The maximum absolute atomic E-state index is 14.2. The first-order valence-electron chi connectivity index (χ1n) is 14.5. The van der Waals surface area contributed by atoms with Crippen LogP contribution in [-0.2, 0) is 30.9 Å². The summed E-state index contributed by atoms with van der Waals surface area (Å²) in [6.45, 7) is 0.666. The molecule has 1 aliphatic heterocycles. The highest BCUT2D eigenvalue weighted by atomic mass is 32.2. The van der Waals surface area contributed by atoms with E-state index in [1.54, 1.807) is 12.1 Å². The number of nitrogens with one attached hydrogen (secondary N) is 2. The van der Waals surface area contributed by atoms with Crippen molar-refractivity contribution in [1.82, 2.24) is 25.0 Å². The number of benzene rings is 2. The smallest absolute Gasteiger partial charge is 0.249 e. The zero-order valence-electron chi connectivity index (χ0n) is 23.6. The predicted octanol–water partition coefficient (Wildman–Crippen LogP) is 3.78. The summed E-state index contributed by atoms with van der Waals surface area (Å²) in [6, 6.07) is 16.2. The molecule has 13 heteroatoms. The number of anilines is 1. The van der Waals surface area contributed by atoms with Gasteiger partial charge in [0.2, 0.25) is 21.8 Å². The molecule has 6 rings (SSSR count). The average molecular weight is 623 g/mol. The van der Waals surface area contributed by atoms with Gasteiger partial charge < -0.3 is 10.1 Å². The number of sulfonamides is 1. The second-order valence-corrected chi connectivity index (χ2v) is 13.6. The first-order chi connectivity index (χ1) is 20.9. The van der Waals surface area contributed by atoms with Crippen molar-refractivity contribution < 1.29 is 22.7 Å². The van der Waals surface area contributed by atoms with Crippen molar-refractivity contribution in [2.45, 2.75) is 68.2 Å². The molecule has 2 aromatic heterocycles. The Morgan fingerprint density at radius 1 is 1.02 bits per heavy atom. The molecule has 2 fully saturated rings. The third-order valence-corrected chi connectivity index (χ3v) is 10.3. The van der Waals surface area contributed by atoms with Gasteiger partial charge in [-0.25, -0.2) is 17.8 Å². The van der Waals surface area contributed by atoms with Gasteiger partial charge in [-0.2, -0.15) is 0 Å². The number of carbonyl (C=O) groups excluding carboxylic acids is 2. The summed E-state index contributed by atoms with van der Waals surface area (Å²) >= 11 is 1.39. The summed E-state index contributed by atoms with van der Waals surface area (Å²) < 4.78 is 35.7. The van der Waals surface area contributed by atoms with E-state index in [4.69, 9.17) is 4.74 Å². The molecule has 2 atom stereocenters. The highest BCUT2D eigenvalue weighted by Crippen LogP contribution is 2.33. The molecule has 2 aliphatic rings. The summed E-state index contributed by atoms with van der Waals surface area (Å²) in [5.41, 5.74) is 1.74. The molecule has 2 N–H and O–H groups in total. The van der Waals surface area contributed by atoms with Gasteiger partial charge in [0.25, 0.3) is 0 Å². The zero-order valence-corrected chi connectivity index (χ0v) is 25.2. The number of para-hydroxylation sites is 1. The van der Waals surface area contributed by atoms with E-state index in [1.165, 1.54) is 33.1 Å². The molecule has 1 saturated heterocycles. The van der Waals surface area contributed by atoms with E-state index in [2.05, 4.69) is 20.4 Å². The summed E-state index contributed by atoms with van der Waals surface area (Å²) in [6.07, 6.45) is 5.48. The van der Waals surface area contributed by atoms with Crippen LogP contribution in [0.1, 0.15) is 49.4 Å². The lowest BCUT2D eigenvalue weighted by molar-refractivity contribution is -0.127. The molecule has 2 aromatic carbocycles. The van der Waals surface area contributed by atoms with E-state index in [0.29, 0.717) is 28.2 Å². The quantitative estimate of drug-likeness (QED) is 0.260. The van der Waals surface area contributed by atoms with Crippen molar-refractivity contribution in [3.8, 4) is 0 Å². The van der Waals surface area contributed by atoms with Crippen LogP contribution in [0.4, 0.5) is 5.69 Å². The lowest BCUT2D eigenvalue weighted by atomic mass is 10.1. The van der Waals surface area contributed by atoms with Crippen LogP contribution in [0.25, 0.3) is 11.0 Å². The summed E-state index contributed by atoms with van der Waals surface area (Å²) in [5, 5.41) is 13.4. The molecule has 43 heavy (non-hydrogen) atoms. The number of fused-ring (bicyclic) bond motifs is 1. The second kappa shape index (κ2) is 12.9. The van der Waals surface area contributed by atoms with E-state index >= 15 is 0 Å². The Hall–Kier alpha value is -3.65. The number of aromatic nitrogens is 3. The maximum atomic E-state index is 14.2. The Kier molecular flexibility index (Phi) is 8.84. The van der Waals surface area contributed by atoms with Crippen molar-refractivity contribution in [2.24, 2.45) is 0 Å². The van der Waals surface area contributed by atoms with Gasteiger partial charge in [-0.15, -0.1) is 16.4 Å². The fourth-order valence-corrected chi connectivity index (χ4v) is 7.60. The van der Waals surface area contributed by atoms with Crippen LogP contribution in [0.15, 0.2) is 70.9 Å². The maximum Gasteiger partial charge on any atom is 0.249 e. The first kappa shape index (κ1) is 29.4. The van der Waals surface area contributed by atoms with E-state index in [0.717, 1.165) is 38.5 Å². The van der Waals surface area contributed by atoms with Crippen LogP contribution in [0.3, 0.4) is 0 Å². The number of nitrogens with zero attached hydrogens (tertiary/aromatic N) is 4. The number of carbonyl (C=O) groups is 2. The molecule has 0 bridgehead atoms. The number of rotatable bonds is 11. The van der Waals surface area contributed by atoms with Crippen molar-refractivity contribution in [1.29, 1.82) is 0 Å². The second-order valence-electron chi connectivity index (χ2n) is 10.9. The normalized spacial score (nSPS) is 18.2. The number of hydrogen-bond donors (Lipinski definition) is 2. The van der Waals surface area contributed by atoms with E-state index in [1.807, 2.05) is 41.8 Å². The Morgan fingerprint density at radius 2 is 1.81 bits per heavy atom. The van der Waals surface area contributed by atoms with E-state index in [9.17, 15) is 18.0 Å². The van der Waals surface area contributed by atoms with Gasteiger partial charge in [0, 0.05) is 29.8 Å². The van der Waals surface area contributed by atoms with Crippen molar-refractivity contribution >= 4 is 49.9 Å². The molecule has 0 spiro atoms. The van der Waals surface area contributed by atoms with Crippen LogP contribution in [-0.4, -0.2) is 60.5 Å². The van der Waals surface area contributed by atoms with Gasteiger partial charge >= 0.3 is 0 Å². The minimum Gasteiger partial charge on any atom is -0.377 e. The fourth-order valence-electron chi connectivity index (χ4n) is 5.72. The number of ether oxygens (including phenoxy) is 1. The van der Waals surface area contributed by atoms with Crippen LogP contribution in [0, 0.1) is 0 Å². The predicted molar refractivity (Wildman–Crippen MR) is 163 cm³/mol. The first-order valence-corrected chi connectivity index (χ1v) is 16.9. The van der Waals surface area contributed by atoms with Gasteiger partial charge in [-0.1, -0.05) is 36.3 Å². The monoisotopic (exact) mass is 622 g/mol. The average Bonchev–Trinajstić information content (AvgIpc) is 3.84. The Labute approximate surface area is 254 Å². The van der Waals surface area contributed by atoms with Gasteiger partial charge in [-0.3, -0.25) is 14.5 Å². The van der Waals surface area contributed by atoms with Crippen LogP contribution in [0.5, 0.6) is 0 Å². The molecule has 226 valence electrons. The van der Waals surface area contributed by atoms with Crippen molar-refractivity contribution in [3.05, 3.63) is 70.9 Å². The molecule has 4 aromatic rings. The topological polar surface area (TPSA) is 136 Å². The van der Waals surface area contributed by atoms with Gasteiger partial charge in [0.05, 0.1) is 16.5 Å². The number of hydrogen-bond acceptors (Lipinski definition) is 8. The molecule has 1 saturated carbocycles. The van der Waals surface area contributed by atoms with Gasteiger partial charge in [0.15, 0.2) is 0 Å². The summed E-state index contributed by atoms with van der Waals surface area (Å²) in [5.74, 6) is -0.663. The lowest BCUT2D eigenvalue weighted by Crippen LogP contribution is -2.47. The van der Waals surface area contributed by atoms with Crippen molar-refractivity contribution in [3.63, 3.8) is 0 Å². The lowest BCUT2D eigenvalue weighted by Gasteiger charge is -2.31. The zero-order chi connectivity index (χ0) is 29.8. The molecule has 0 unspecified atom stereocenters. The highest BCUT2D eigenvalue weighted by molar-refractivity contribution is 7.89. The Balaban J connectivity index is 1.33. The number of amides is 2. The summed E-state index contributed by atoms with van der Waals surface area (Å²) in [7, 11) is -3.80. The Morgan fingerprint density at radius 3 is 2.53 bits per heavy atom. The molecule has 2 amide bonds. The minimum atomic E-state index is -3.80. The third kappa shape index (κ3) is 6.64. The largest absolute Gasteiger partial charge is 0.377 e. The van der Waals surface area contributed by atoms with Crippen LogP contribution >= 0.6 is 11.3 Å². The molecular weight excluding hydrogens is 589 g/mol. The fraction of sp³-hybridized carbons (Fsp3) is 0.400. The van der Waals surface area contributed by atoms with Gasteiger partial charge in [0.1, 0.15) is 18.1 Å². The third-order valence-electron chi connectivity index (χ3n) is 7.94. The Bertz CT molecular complexity index is 1660. The van der Waals surface area contributed by atoms with Crippen LogP contribution in [0.2, 0.25) is 0 Å². The van der Waals surface area contributed by atoms with Crippen molar-refractivity contribution in [2.75, 3.05) is 18.1 Å². The van der Waals surface area contributed by atoms with Crippen LogP contribution < -0.4 is 14.9 Å². The van der Waals surface area contributed by atoms with E-state index < -0.39 is 16.1 Å². The molecule has 3 heterocycles. The van der Waals surface area contributed by atoms with Gasteiger partial charge in [-0.05, 0) is 73.5 Å².